The van der Waals surface area contributed by atoms with Crippen molar-refractivity contribution >= 4 is 11.7 Å². The Morgan fingerprint density at radius 3 is 2.72 bits per heavy atom. The number of amides is 1. The van der Waals surface area contributed by atoms with Gasteiger partial charge >= 0.3 is 0 Å². The quantitative estimate of drug-likeness (QED) is 0.789. The molecule has 4 rings (SSSR count). The van der Waals surface area contributed by atoms with Crippen LogP contribution in [0, 0.1) is 0 Å². The summed E-state index contributed by atoms with van der Waals surface area (Å²) in [7, 11) is 0. The monoisotopic (exact) mass is 393 g/mol. The van der Waals surface area contributed by atoms with Gasteiger partial charge in [0.25, 0.3) is 5.91 Å². The maximum atomic E-state index is 12.9. The van der Waals surface area contributed by atoms with E-state index in [4.69, 9.17) is 0 Å². The average Bonchev–Trinajstić information content (AvgIpc) is 2.80. The maximum absolute atomic E-state index is 12.9. The topological polar surface area (TPSA) is 60.5 Å². The number of hydrogen-bond acceptors (Lipinski definition) is 5. The van der Waals surface area contributed by atoms with Crippen molar-refractivity contribution in [2.75, 3.05) is 50.7 Å². The fourth-order valence-electron chi connectivity index (χ4n) is 4.28. The number of carbonyl (C=O) groups excluding carboxylic acids is 1. The van der Waals surface area contributed by atoms with Gasteiger partial charge in [0, 0.05) is 45.0 Å². The van der Waals surface area contributed by atoms with E-state index in [1.807, 2.05) is 18.2 Å². The zero-order valence-electron chi connectivity index (χ0n) is 17.0. The number of anilines is 1. The lowest BCUT2D eigenvalue weighted by atomic mass is 10.0. The largest absolute Gasteiger partial charge is 0.353 e. The molecule has 6 nitrogen and oxygen atoms in total. The number of nitrogens with one attached hydrogen (secondary N) is 2. The van der Waals surface area contributed by atoms with E-state index >= 15 is 0 Å². The van der Waals surface area contributed by atoms with E-state index in [0.717, 1.165) is 45.1 Å². The molecule has 2 N–H and O–H groups in total. The van der Waals surface area contributed by atoms with Gasteiger partial charge in [-0.15, -0.1) is 0 Å². The van der Waals surface area contributed by atoms with Crippen LogP contribution in [0.2, 0.25) is 0 Å². The molecule has 2 saturated heterocycles. The first-order chi connectivity index (χ1) is 14.3. The number of rotatable bonds is 6. The van der Waals surface area contributed by atoms with Crippen LogP contribution in [-0.4, -0.2) is 61.6 Å². The van der Waals surface area contributed by atoms with E-state index in [9.17, 15) is 4.79 Å². The number of nitrogens with zero attached hydrogens (tertiary/aromatic N) is 3. The van der Waals surface area contributed by atoms with Crippen LogP contribution in [0.15, 0.2) is 48.7 Å². The van der Waals surface area contributed by atoms with Crippen LogP contribution in [0.1, 0.15) is 41.2 Å². The molecule has 6 heteroatoms. The predicted molar refractivity (Wildman–Crippen MR) is 116 cm³/mol. The highest BCUT2D eigenvalue weighted by atomic mass is 16.1. The van der Waals surface area contributed by atoms with Crippen molar-refractivity contribution in [1.82, 2.24) is 20.5 Å². The van der Waals surface area contributed by atoms with E-state index in [0.29, 0.717) is 12.1 Å². The van der Waals surface area contributed by atoms with Crippen LogP contribution in [0.5, 0.6) is 0 Å². The Bertz CT molecular complexity index is 791. The normalized spacial score (nSPS) is 20.4. The van der Waals surface area contributed by atoms with Gasteiger partial charge in [0.2, 0.25) is 0 Å². The van der Waals surface area contributed by atoms with E-state index < -0.39 is 0 Å². The minimum absolute atomic E-state index is 0.0279. The van der Waals surface area contributed by atoms with Gasteiger partial charge in [0.1, 0.15) is 5.82 Å². The molecule has 0 saturated carbocycles. The SMILES string of the molecule is O=C(NCCN1CCCCC1)c1cccnc1N1CCN[C@@H](c2ccccc2)C1. The first-order valence-corrected chi connectivity index (χ1v) is 10.8. The summed E-state index contributed by atoms with van der Waals surface area (Å²) in [5.41, 5.74) is 1.93. The van der Waals surface area contributed by atoms with Crippen molar-refractivity contribution in [3.8, 4) is 0 Å². The van der Waals surface area contributed by atoms with E-state index in [2.05, 4.69) is 49.7 Å². The first kappa shape index (κ1) is 19.9. The lowest BCUT2D eigenvalue weighted by molar-refractivity contribution is 0.0946. The molecule has 29 heavy (non-hydrogen) atoms. The Hall–Kier alpha value is -2.44. The van der Waals surface area contributed by atoms with Crippen LogP contribution in [0.3, 0.4) is 0 Å². The van der Waals surface area contributed by atoms with Gasteiger partial charge in [-0.1, -0.05) is 36.8 Å². The Labute approximate surface area is 173 Å². The number of carbonyl (C=O) groups is 1. The molecule has 0 unspecified atom stereocenters. The second kappa shape index (κ2) is 9.85. The maximum Gasteiger partial charge on any atom is 0.255 e. The zero-order chi connectivity index (χ0) is 19.9. The van der Waals surface area contributed by atoms with E-state index in [-0.39, 0.29) is 11.9 Å². The highest BCUT2D eigenvalue weighted by Gasteiger charge is 2.25. The van der Waals surface area contributed by atoms with E-state index in [1.165, 1.54) is 24.8 Å². The number of aromatic nitrogens is 1. The van der Waals surface area contributed by atoms with Gasteiger partial charge < -0.3 is 20.4 Å². The van der Waals surface area contributed by atoms with E-state index in [1.54, 1.807) is 6.20 Å². The van der Waals surface area contributed by atoms with Crippen LogP contribution < -0.4 is 15.5 Å². The van der Waals surface area contributed by atoms with Crippen molar-refractivity contribution in [3.63, 3.8) is 0 Å². The molecule has 2 aromatic rings. The highest BCUT2D eigenvalue weighted by Crippen LogP contribution is 2.23. The van der Waals surface area contributed by atoms with Crippen LogP contribution in [0.25, 0.3) is 0 Å². The summed E-state index contributed by atoms with van der Waals surface area (Å²) in [6.07, 6.45) is 5.65. The Morgan fingerprint density at radius 1 is 1.07 bits per heavy atom. The molecule has 2 aliphatic rings. The summed E-state index contributed by atoms with van der Waals surface area (Å²) >= 11 is 0. The molecular formula is C23H31N5O. The molecule has 1 aromatic carbocycles. The second-order valence-electron chi connectivity index (χ2n) is 7.90. The number of likely N-dealkylation sites (tertiary alicyclic amines) is 1. The number of piperidine rings is 1. The summed E-state index contributed by atoms with van der Waals surface area (Å²) in [4.78, 5) is 22.1. The van der Waals surface area contributed by atoms with Crippen molar-refractivity contribution < 1.29 is 4.79 Å². The molecule has 0 spiro atoms. The zero-order valence-corrected chi connectivity index (χ0v) is 17.0. The Balaban J connectivity index is 1.40. The third-order valence-corrected chi connectivity index (χ3v) is 5.87. The Kier molecular flexibility index (Phi) is 6.75. The predicted octanol–water partition coefficient (Wildman–Crippen LogP) is 2.45. The smallest absolute Gasteiger partial charge is 0.255 e. The van der Waals surface area contributed by atoms with Gasteiger partial charge in [-0.2, -0.15) is 0 Å². The summed E-state index contributed by atoms with van der Waals surface area (Å²) < 4.78 is 0. The molecule has 1 aromatic heterocycles. The molecular weight excluding hydrogens is 362 g/mol. The Morgan fingerprint density at radius 2 is 1.90 bits per heavy atom. The minimum atomic E-state index is -0.0279. The molecule has 0 aliphatic carbocycles. The van der Waals surface area contributed by atoms with Gasteiger partial charge in [-0.25, -0.2) is 4.98 Å². The number of pyridine rings is 1. The first-order valence-electron chi connectivity index (χ1n) is 10.8. The van der Waals surface area contributed by atoms with Gasteiger partial charge in [0.05, 0.1) is 5.56 Å². The van der Waals surface area contributed by atoms with Crippen LogP contribution in [-0.2, 0) is 0 Å². The molecule has 154 valence electrons. The lowest BCUT2D eigenvalue weighted by Crippen LogP contribution is -2.47. The van der Waals surface area contributed by atoms with Crippen molar-refractivity contribution in [3.05, 3.63) is 59.8 Å². The average molecular weight is 394 g/mol. The second-order valence-corrected chi connectivity index (χ2v) is 7.90. The van der Waals surface area contributed by atoms with Gasteiger partial charge in [0.15, 0.2) is 0 Å². The number of hydrogen-bond donors (Lipinski definition) is 2. The van der Waals surface area contributed by atoms with Gasteiger partial charge in [-0.05, 0) is 43.6 Å². The summed E-state index contributed by atoms with van der Waals surface area (Å²) in [6, 6.07) is 14.4. The lowest BCUT2D eigenvalue weighted by Gasteiger charge is -2.35. The molecule has 2 aliphatic heterocycles. The summed E-state index contributed by atoms with van der Waals surface area (Å²) in [6.45, 7) is 6.41. The molecule has 0 radical (unpaired) electrons. The highest BCUT2D eigenvalue weighted by molar-refractivity contribution is 5.98. The molecule has 2 fully saturated rings. The van der Waals surface area contributed by atoms with Crippen LogP contribution >= 0.6 is 0 Å². The molecule has 1 atom stereocenters. The molecule has 1 amide bonds. The van der Waals surface area contributed by atoms with Crippen molar-refractivity contribution in [2.24, 2.45) is 0 Å². The number of piperazine rings is 1. The van der Waals surface area contributed by atoms with Crippen molar-refractivity contribution in [2.45, 2.75) is 25.3 Å². The number of benzene rings is 1. The fraction of sp³-hybridized carbons (Fsp3) is 0.478. The molecule has 3 heterocycles. The van der Waals surface area contributed by atoms with Crippen LogP contribution in [0.4, 0.5) is 5.82 Å². The minimum Gasteiger partial charge on any atom is -0.353 e. The van der Waals surface area contributed by atoms with Gasteiger partial charge in [-0.3, -0.25) is 4.79 Å². The summed E-state index contributed by atoms with van der Waals surface area (Å²) in [5, 5.41) is 6.68. The fourth-order valence-corrected chi connectivity index (χ4v) is 4.28. The van der Waals surface area contributed by atoms with Crippen molar-refractivity contribution in [1.29, 1.82) is 0 Å². The molecule has 0 bridgehead atoms. The third-order valence-electron chi connectivity index (χ3n) is 5.87. The third kappa shape index (κ3) is 5.14. The standard InChI is InChI=1S/C23H31N5O/c29-23(26-12-16-27-14-5-2-6-15-27)20-10-7-11-25-22(20)28-17-13-24-21(18-28)19-8-3-1-4-9-19/h1,3-4,7-11,21,24H,2,5-6,12-18H2,(H,26,29)/t21-/m1/s1. The summed E-state index contributed by atoms with van der Waals surface area (Å²) in [5.74, 6) is 0.755.